The monoisotopic (exact) mass is 528 g/mol. The molecule has 7 heteroatoms. The molecule has 0 aromatic heterocycles. The van der Waals surface area contributed by atoms with E-state index in [0.29, 0.717) is 16.3 Å². The number of anilines is 2. The summed E-state index contributed by atoms with van der Waals surface area (Å²) in [6.45, 7) is 5.46. The molecule has 6 rings (SSSR count). The van der Waals surface area contributed by atoms with Crippen molar-refractivity contribution in [2.45, 2.75) is 38.3 Å². The molecule has 0 radical (unpaired) electrons. The smallest absolute Gasteiger partial charge is 0.238 e. The average Bonchev–Trinajstić information content (AvgIpc) is 3.35. The van der Waals surface area contributed by atoms with Gasteiger partial charge in [-0.2, -0.15) is 0 Å². The molecule has 3 aromatic carbocycles. The highest BCUT2D eigenvalue weighted by molar-refractivity contribution is 6.31. The van der Waals surface area contributed by atoms with Crippen molar-refractivity contribution in [3.05, 3.63) is 100 Å². The summed E-state index contributed by atoms with van der Waals surface area (Å²) in [6, 6.07) is 16.4. The second kappa shape index (κ2) is 8.37. The zero-order valence-electron chi connectivity index (χ0n) is 21.2. The highest BCUT2D eigenvalue weighted by Crippen LogP contribution is 2.58. The van der Waals surface area contributed by atoms with Crippen molar-refractivity contribution in [3.8, 4) is 0 Å². The maximum atomic E-state index is 14.5. The topological polar surface area (TPSA) is 66.5 Å². The molecule has 3 aromatic rings. The number of halogens is 2. The molecule has 4 atom stereocenters. The third kappa shape index (κ3) is 3.33. The fourth-order valence-electron chi connectivity index (χ4n) is 6.39. The number of fused-ring (bicyclic) bond motifs is 6. The van der Waals surface area contributed by atoms with Gasteiger partial charge in [0.05, 0.1) is 12.0 Å². The lowest BCUT2D eigenvalue weighted by Gasteiger charge is -2.38. The molecule has 3 aliphatic heterocycles. The number of rotatable bonds is 3. The lowest BCUT2D eigenvalue weighted by Crippen LogP contribution is -2.51. The van der Waals surface area contributed by atoms with E-state index in [2.05, 4.69) is 5.32 Å². The minimum Gasteiger partial charge on any atom is -0.352 e. The third-order valence-electron chi connectivity index (χ3n) is 8.01. The second-order valence-electron chi connectivity index (χ2n) is 11.2. The van der Waals surface area contributed by atoms with Crippen LogP contribution >= 0.6 is 11.6 Å². The number of carbonyl (C=O) groups excluding carboxylic acids is 3. The molecule has 3 aliphatic rings. The molecular formula is C31H26ClFN2O3. The summed E-state index contributed by atoms with van der Waals surface area (Å²) in [6.07, 6.45) is 3.81. The number of amides is 1. The van der Waals surface area contributed by atoms with Crippen LogP contribution in [0.5, 0.6) is 0 Å². The summed E-state index contributed by atoms with van der Waals surface area (Å²) < 4.78 is 13.8. The predicted octanol–water partition coefficient (Wildman–Crippen LogP) is 6.07. The maximum Gasteiger partial charge on any atom is 0.238 e. The molecule has 0 bridgehead atoms. The summed E-state index contributed by atoms with van der Waals surface area (Å²) >= 11 is 6.31. The first-order valence-corrected chi connectivity index (χ1v) is 12.9. The molecule has 0 aliphatic carbocycles. The van der Waals surface area contributed by atoms with Crippen LogP contribution in [0.15, 0.2) is 72.8 Å². The van der Waals surface area contributed by atoms with Crippen LogP contribution < -0.4 is 10.2 Å². The summed E-state index contributed by atoms with van der Waals surface area (Å²) in [7, 11) is 0. The van der Waals surface area contributed by atoms with Gasteiger partial charge in [-0.1, -0.05) is 62.7 Å². The van der Waals surface area contributed by atoms with Gasteiger partial charge in [-0.15, -0.1) is 0 Å². The molecule has 192 valence electrons. The van der Waals surface area contributed by atoms with E-state index in [9.17, 15) is 18.8 Å². The number of nitrogens with one attached hydrogen (secondary N) is 1. The average molecular weight is 529 g/mol. The Bertz CT molecular complexity index is 1540. The Labute approximate surface area is 225 Å². The SMILES string of the molecule is CC(C)(C)C(=O)[C@@H]1[C@H](C(=O)c2ccc(F)cc2)[C@]2(C(=O)Nc3ccccc32)[C@@H]2C=Cc3cc(Cl)ccc3N12. The fraction of sp³-hybridized carbons (Fsp3) is 0.258. The number of Topliss-reactive ketones (excluding diaryl/α,β-unsaturated/α-hetero) is 2. The molecule has 1 amide bonds. The van der Waals surface area contributed by atoms with Gasteiger partial charge in [0.25, 0.3) is 0 Å². The molecule has 5 nitrogen and oxygen atoms in total. The lowest BCUT2D eigenvalue weighted by atomic mass is 9.63. The third-order valence-corrected chi connectivity index (χ3v) is 8.25. The van der Waals surface area contributed by atoms with Gasteiger partial charge in [0, 0.05) is 27.4 Å². The van der Waals surface area contributed by atoms with Crippen molar-refractivity contribution in [1.29, 1.82) is 0 Å². The van der Waals surface area contributed by atoms with Crippen molar-refractivity contribution in [2.75, 3.05) is 10.2 Å². The molecular weight excluding hydrogens is 503 g/mol. The van der Waals surface area contributed by atoms with Gasteiger partial charge in [0.15, 0.2) is 11.6 Å². The van der Waals surface area contributed by atoms with Gasteiger partial charge < -0.3 is 10.2 Å². The van der Waals surface area contributed by atoms with Gasteiger partial charge >= 0.3 is 0 Å². The maximum absolute atomic E-state index is 14.5. The van der Waals surface area contributed by atoms with Crippen molar-refractivity contribution in [1.82, 2.24) is 0 Å². The molecule has 1 fully saturated rings. The Hall–Kier alpha value is -3.77. The van der Waals surface area contributed by atoms with E-state index in [1.54, 1.807) is 6.07 Å². The number of hydrogen-bond acceptors (Lipinski definition) is 4. The first-order chi connectivity index (χ1) is 18.0. The van der Waals surface area contributed by atoms with Crippen molar-refractivity contribution < 1.29 is 18.8 Å². The van der Waals surface area contributed by atoms with E-state index in [0.717, 1.165) is 11.3 Å². The van der Waals surface area contributed by atoms with Crippen LogP contribution in [0.3, 0.4) is 0 Å². The van der Waals surface area contributed by atoms with E-state index < -0.39 is 34.6 Å². The van der Waals surface area contributed by atoms with Crippen LogP contribution in [0.25, 0.3) is 6.08 Å². The Kier molecular flexibility index (Phi) is 5.41. The Morgan fingerprint density at radius 2 is 1.74 bits per heavy atom. The molecule has 3 heterocycles. The number of para-hydroxylation sites is 1. The fourth-order valence-corrected chi connectivity index (χ4v) is 6.57. The zero-order chi connectivity index (χ0) is 27.0. The number of benzene rings is 3. The second-order valence-corrected chi connectivity index (χ2v) is 11.6. The first-order valence-electron chi connectivity index (χ1n) is 12.6. The summed E-state index contributed by atoms with van der Waals surface area (Å²) in [5.74, 6) is -2.41. The Morgan fingerprint density at radius 3 is 2.45 bits per heavy atom. The lowest BCUT2D eigenvalue weighted by molar-refractivity contribution is -0.128. The highest BCUT2D eigenvalue weighted by Gasteiger charge is 2.70. The van der Waals surface area contributed by atoms with Crippen molar-refractivity contribution >= 4 is 46.5 Å². The van der Waals surface area contributed by atoms with Crippen LogP contribution in [0.1, 0.15) is 42.3 Å². The van der Waals surface area contributed by atoms with Gasteiger partial charge in [-0.3, -0.25) is 14.4 Å². The standard InChI is InChI=1S/C31H26ClFN2O3/c1-30(2,3)28(37)26-25(27(36)17-8-12-20(33)13-9-17)31(21-6-4-5-7-22(21)34-29(31)38)24-15-10-18-16-19(32)11-14-23(18)35(24)26/h4-16,24-26H,1-3H3,(H,34,38)/t24-,25+,26-,31+/m0/s1. The molecule has 1 saturated heterocycles. The normalized spacial score (nSPS) is 25.1. The van der Waals surface area contributed by atoms with Crippen molar-refractivity contribution in [2.24, 2.45) is 11.3 Å². The van der Waals surface area contributed by atoms with E-state index in [1.807, 2.05) is 74.2 Å². The minimum absolute atomic E-state index is 0.159. The van der Waals surface area contributed by atoms with Crippen LogP contribution in [-0.2, 0) is 15.0 Å². The van der Waals surface area contributed by atoms with Gasteiger partial charge in [0.2, 0.25) is 5.91 Å². The molecule has 1 N–H and O–H groups in total. The molecule has 38 heavy (non-hydrogen) atoms. The summed E-state index contributed by atoms with van der Waals surface area (Å²) in [5.41, 5.74) is 0.874. The van der Waals surface area contributed by atoms with Crippen molar-refractivity contribution in [3.63, 3.8) is 0 Å². The van der Waals surface area contributed by atoms with E-state index in [-0.39, 0.29) is 23.0 Å². The number of nitrogens with zero attached hydrogens (tertiary/aromatic N) is 1. The Balaban J connectivity index is 1.68. The number of ketones is 2. The van der Waals surface area contributed by atoms with Crippen LogP contribution in [0.2, 0.25) is 5.02 Å². The van der Waals surface area contributed by atoms with Gasteiger partial charge in [0.1, 0.15) is 17.3 Å². The molecule has 0 saturated carbocycles. The molecule has 0 unspecified atom stereocenters. The zero-order valence-corrected chi connectivity index (χ0v) is 21.9. The highest BCUT2D eigenvalue weighted by atomic mass is 35.5. The summed E-state index contributed by atoms with van der Waals surface area (Å²) in [4.78, 5) is 44.9. The Morgan fingerprint density at radius 1 is 1.03 bits per heavy atom. The van der Waals surface area contributed by atoms with E-state index in [1.165, 1.54) is 24.3 Å². The van der Waals surface area contributed by atoms with Crippen LogP contribution in [0.4, 0.5) is 15.8 Å². The number of carbonyl (C=O) groups is 3. The van der Waals surface area contributed by atoms with Gasteiger partial charge in [-0.25, -0.2) is 4.39 Å². The van der Waals surface area contributed by atoms with Gasteiger partial charge in [-0.05, 0) is 59.7 Å². The first kappa shape index (κ1) is 24.6. The van der Waals surface area contributed by atoms with Crippen LogP contribution in [-0.4, -0.2) is 29.6 Å². The quantitative estimate of drug-likeness (QED) is 0.419. The number of hydrogen-bond donors (Lipinski definition) is 1. The van der Waals surface area contributed by atoms with E-state index >= 15 is 0 Å². The minimum atomic E-state index is -1.39. The summed E-state index contributed by atoms with van der Waals surface area (Å²) in [5, 5.41) is 3.54. The largest absolute Gasteiger partial charge is 0.352 e. The predicted molar refractivity (Wildman–Crippen MR) is 146 cm³/mol. The van der Waals surface area contributed by atoms with E-state index in [4.69, 9.17) is 11.6 Å². The van der Waals surface area contributed by atoms with Crippen LogP contribution in [0, 0.1) is 17.2 Å². The molecule has 1 spiro atoms.